The molecule has 0 spiro atoms. The Morgan fingerprint density at radius 3 is 3.00 bits per heavy atom. The minimum Gasteiger partial charge on any atom is -0.368 e. The smallest absolute Gasteiger partial charge is 0.266 e. The van der Waals surface area contributed by atoms with Crippen LogP contribution in [0.2, 0.25) is 0 Å². The van der Waals surface area contributed by atoms with Crippen LogP contribution in [0.15, 0.2) is 29.5 Å². The van der Waals surface area contributed by atoms with Crippen LogP contribution in [-0.4, -0.2) is 24.9 Å². The summed E-state index contributed by atoms with van der Waals surface area (Å²) < 4.78 is 1.54. The first-order valence-electron chi connectivity index (χ1n) is 4.64. The van der Waals surface area contributed by atoms with E-state index in [1.54, 1.807) is 24.0 Å². The van der Waals surface area contributed by atoms with Crippen molar-refractivity contribution in [3.8, 4) is 0 Å². The average molecular weight is 221 g/mol. The summed E-state index contributed by atoms with van der Waals surface area (Å²) in [5.41, 5.74) is 0.313. The lowest BCUT2D eigenvalue weighted by atomic mass is 10.4. The fourth-order valence-corrected chi connectivity index (χ4v) is 1.29. The van der Waals surface area contributed by atoms with Crippen molar-refractivity contribution in [2.24, 2.45) is 7.05 Å². The molecule has 3 N–H and O–H groups in total. The molecule has 16 heavy (non-hydrogen) atoms. The second-order valence-electron chi connectivity index (χ2n) is 3.22. The van der Waals surface area contributed by atoms with Gasteiger partial charge in [-0.2, -0.15) is 5.10 Å². The molecule has 1 atom stereocenters. The van der Waals surface area contributed by atoms with Crippen molar-refractivity contribution >= 4 is 5.82 Å². The molecule has 2 rings (SSSR count). The van der Waals surface area contributed by atoms with E-state index in [0.29, 0.717) is 11.5 Å². The van der Waals surface area contributed by atoms with Gasteiger partial charge in [-0.3, -0.25) is 9.48 Å². The van der Waals surface area contributed by atoms with Crippen LogP contribution >= 0.6 is 0 Å². The average Bonchev–Trinajstić information content (AvgIpc) is 2.68. The first-order valence-corrected chi connectivity index (χ1v) is 4.64. The summed E-state index contributed by atoms with van der Waals surface area (Å²) in [7, 11) is 1.72. The first kappa shape index (κ1) is 10.4. The number of hydrogen-bond donors (Lipinski definition) is 3. The largest absolute Gasteiger partial charge is 0.368 e. The minimum absolute atomic E-state index is 0.291. The van der Waals surface area contributed by atoms with Gasteiger partial charge in [0.2, 0.25) is 0 Å². The van der Waals surface area contributed by atoms with Gasteiger partial charge < -0.3 is 15.4 Å². The first-order chi connectivity index (χ1) is 7.66. The number of aliphatic hydroxyl groups is 1. The molecular weight excluding hydrogens is 210 g/mol. The second kappa shape index (κ2) is 4.15. The molecule has 0 aliphatic rings. The van der Waals surface area contributed by atoms with Gasteiger partial charge in [0.05, 0.1) is 11.9 Å². The highest BCUT2D eigenvalue weighted by Crippen LogP contribution is 2.12. The molecule has 2 heterocycles. The predicted octanol–water partition coefficient (Wildman–Crippen LogP) is -0.394. The lowest BCUT2D eigenvalue weighted by Gasteiger charge is -2.12. The highest BCUT2D eigenvalue weighted by molar-refractivity contribution is 5.32. The number of aromatic amines is 1. The van der Waals surface area contributed by atoms with Gasteiger partial charge in [0.1, 0.15) is 5.82 Å². The Kier molecular flexibility index (Phi) is 2.69. The highest BCUT2D eigenvalue weighted by Gasteiger charge is 2.11. The number of rotatable bonds is 3. The third-order valence-electron chi connectivity index (χ3n) is 2.10. The van der Waals surface area contributed by atoms with Gasteiger partial charge in [0.25, 0.3) is 5.56 Å². The molecule has 0 saturated heterocycles. The maximum atomic E-state index is 10.8. The van der Waals surface area contributed by atoms with E-state index in [1.807, 2.05) is 0 Å². The maximum absolute atomic E-state index is 10.8. The van der Waals surface area contributed by atoms with Crippen molar-refractivity contribution in [3.05, 3.63) is 40.7 Å². The monoisotopic (exact) mass is 221 g/mol. The molecule has 7 nitrogen and oxygen atoms in total. The Labute approximate surface area is 90.8 Å². The Hall–Kier alpha value is -2.15. The van der Waals surface area contributed by atoms with E-state index in [2.05, 4.69) is 20.4 Å². The quantitative estimate of drug-likeness (QED) is 0.613. The SMILES string of the molecule is Cn1nccc1C(O)Nc1c[nH]c(=O)cn1. The summed E-state index contributed by atoms with van der Waals surface area (Å²) in [4.78, 5) is 17.0. The summed E-state index contributed by atoms with van der Waals surface area (Å²) >= 11 is 0. The van der Waals surface area contributed by atoms with Gasteiger partial charge in [-0.15, -0.1) is 0 Å². The van der Waals surface area contributed by atoms with Crippen molar-refractivity contribution in [1.29, 1.82) is 0 Å². The van der Waals surface area contributed by atoms with E-state index in [1.165, 1.54) is 6.20 Å². The van der Waals surface area contributed by atoms with E-state index in [9.17, 15) is 9.90 Å². The van der Waals surface area contributed by atoms with E-state index in [4.69, 9.17) is 0 Å². The minimum atomic E-state index is -0.925. The van der Waals surface area contributed by atoms with Crippen molar-refractivity contribution in [2.45, 2.75) is 6.23 Å². The van der Waals surface area contributed by atoms with Gasteiger partial charge in [-0.05, 0) is 6.07 Å². The standard InChI is InChI=1S/C9H11N5O2/c1-14-6(2-3-12-14)9(16)13-7-4-11-8(15)5-10-7/h2-5,9,16H,1H3,(H,10,13)(H,11,15). The number of aromatic nitrogens is 4. The fourth-order valence-electron chi connectivity index (χ4n) is 1.29. The van der Waals surface area contributed by atoms with E-state index in [-0.39, 0.29) is 5.56 Å². The zero-order valence-corrected chi connectivity index (χ0v) is 8.58. The number of aryl methyl sites for hydroxylation is 1. The molecule has 2 aromatic rings. The molecule has 0 saturated carbocycles. The van der Waals surface area contributed by atoms with Crippen LogP contribution in [0, 0.1) is 0 Å². The summed E-state index contributed by atoms with van der Waals surface area (Å²) in [5.74, 6) is 0.383. The number of anilines is 1. The van der Waals surface area contributed by atoms with Crippen molar-refractivity contribution in [1.82, 2.24) is 19.7 Å². The lowest BCUT2D eigenvalue weighted by Crippen LogP contribution is -2.16. The molecule has 7 heteroatoms. The number of nitrogens with zero attached hydrogens (tertiary/aromatic N) is 3. The summed E-state index contributed by atoms with van der Waals surface area (Å²) in [6.45, 7) is 0. The van der Waals surface area contributed by atoms with E-state index < -0.39 is 6.23 Å². The van der Waals surface area contributed by atoms with E-state index >= 15 is 0 Å². The van der Waals surface area contributed by atoms with Crippen LogP contribution in [0.1, 0.15) is 11.9 Å². The van der Waals surface area contributed by atoms with Gasteiger partial charge in [0.15, 0.2) is 6.23 Å². The van der Waals surface area contributed by atoms with Crippen LogP contribution in [0.4, 0.5) is 5.82 Å². The molecule has 0 amide bonds. The van der Waals surface area contributed by atoms with Crippen molar-refractivity contribution < 1.29 is 5.11 Å². The van der Waals surface area contributed by atoms with Crippen LogP contribution < -0.4 is 10.9 Å². The Balaban J connectivity index is 2.13. The predicted molar refractivity (Wildman–Crippen MR) is 56.6 cm³/mol. The molecule has 0 aliphatic carbocycles. The zero-order chi connectivity index (χ0) is 11.5. The molecule has 0 aliphatic heterocycles. The molecular formula is C9H11N5O2. The third-order valence-corrected chi connectivity index (χ3v) is 2.10. The molecule has 2 aromatic heterocycles. The van der Waals surface area contributed by atoms with E-state index in [0.717, 1.165) is 6.20 Å². The summed E-state index contributed by atoms with van der Waals surface area (Å²) in [6.07, 6.45) is 3.19. The van der Waals surface area contributed by atoms with Gasteiger partial charge >= 0.3 is 0 Å². The molecule has 1 unspecified atom stereocenters. The van der Waals surface area contributed by atoms with Gasteiger partial charge in [0, 0.05) is 19.4 Å². The Morgan fingerprint density at radius 1 is 1.62 bits per heavy atom. The van der Waals surface area contributed by atoms with Crippen molar-refractivity contribution in [3.63, 3.8) is 0 Å². The fraction of sp³-hybridized carbons (Fsp3) is 0.222. The number of nitrogens with one attached hydrogen (secondary N) is 2. The Morgan fingerprint density at radius 2 is 2.44 bits per heavy atom. The Bertz CT molecular complexity index is 512. The van der Waals surface area contributed by atoms with Crippen LogP contribution in [0.5, 0.6) is 0 Å². The van der Waals surface area contributed by atoms with Crippen LogP contribution in [0.25, 0.3) is 0 Å². The van der Waals surface area contributed by atoms with Gasteiger partial charge in [-0.25, -0.2) is 4.98 Å². The topological polar surface area (TPSA) is 95.8 Å². The molecule has 84 valence electrons. The maximum Gasteiger partial charge on any atom is 0.266 e. The molecule has 0 radical (unpaired) electrons. The number of hydrogen-bond acceptors (Lipinski definition) is 5. The third kappa shape index (κ3) is 2.09. The van der Waals surface area contributed by atoms with Crippen LogP contribution in [0.3, 0.4) is 0 Å². The highest BCUT2D eigenvalue weighted by atomic mass is 16.3. The second-order valence-corrected chi connectivity index (χ2v) is 3.22. The molecule has 0 aromatic carbocycles. The zero-order valence-electron chi connectivity index (χ0n) is 8.58. The van der Waals surface area contributed by atoms with Gasteiger partial charge in [-0.1, -0.05) is 0 Å². The van der Waals surface area contributed by atoms with Crippen LogP contribution in [-0.2, 0) is 7.05 Å². The summed E-state index contributed by atoms with van der Waals surface area (Å²) in [6, 6.07) is 1.68. The molecule has 0 fully saturated rings. The number of H-pyrrole nitrogens is 1. The number of aliphatic hydroxyl groups excluding tert-OH is 1. The molecule has 0 bridgehead atoms. The lowest BCUT2D eigenvalue weighted by molar-refractivity contribution is 0.197. The van der Waals surface area contributed by atoms with Crippen molar-refractivity contribution in [2.75, 3.05) is 5.32 Å². The summed E-state index contributed by atoms with van der Waals surface area (Å²) in [5, 5.41) is 16.5. The normalized spacial score (nSPS) is 12.4.